The molecule has 0 saturated carbocycles. The Hall–Kier alpha value is -0.790. The molecule has 1 heterocycles. The predicted molar refractivity (Wildman–Crippen MR) is 45.2 cm³/mol. The maximum atomic E-state index is 11.0. The highest BCUT2D eigenvalue weighted by Crippen LogP contribution is 2.16. The maximum absolute atomic E-state index is 11.0. The lowest BCUT2D eigenvalue weighted by Gasteiger charge is -2.30. The van der Waals surface area contributed by atoms with Crippen molar-refractivity contribution in [1.82, 2.24) is 4.90 Å². The van der Waals surface area contributed by atoms with Crippen LogP contribution >= 0.6 is 0 Å². The summed E-state index contributed by atoms with van der Waals surface area (Å²) in [5, 5.41) is 0. The number of carbonyl (C=O) groups is 1. The van der Waals surface area contributed by atoms with Gasteiger partial charge in [0.2, 0.25) is 5.91 Å². The number of hydrogen-bond acceptors (Lipinski definition) is 1. The smallest absolute Gasteiger partial charge is 0.219 e. The topological polar surface area (TPSA) is 20.3 Å². The van der Waals surface area contributed by atoms with Crippen LogP contribution < -0.4 is 0 Å². The number of nitrogens with zero attached hydrogens (tertiary/aromatic N) is 1. The van der Waals surface area contributed by atoms with Crippen LogP contribution in [0.1, 0.15) is 19.8 Å². The van der Waals surface area contributed by atoms with Crippen molar-refractivity contribution >= 4 is 5.91 Å². The summed E-state index contributed by atoms with van der Waals surface area (Å²) in [5.41, 5.74) is 0. The molecule has 0 radical (unpaired) electrons. The molecule has 62 valence electrons. The average molecular weight is 153 g/mol. The molecule has 0 aromatic rings. The van der Waals surface area contributed by atoms with Crippen molar-refractivity contribution in [2.45, 2.75) is 19.8 Å². The summed E-state index contributed by atoms with van der Waals surface area (Å²) in [6.45, 7) is 7.17. The number of carbonyl (C=O) groups excluding carboxylic acids is 1. The van der Waals surface area contributed by atoms with Crippen LogP contribution in [0.25, 0.3) is 0 Å². The van der Waals surface area contributed by atoms with E-state index in [1.807, 2.05) is 11.0 Å². The number of rotatable bonds is 1. The minimum absolute atomic E-state index is 0.191. The van der Waals surface area contributed by atoms with Gasteiger partial charge in [-0.3, -0.25) is 4.79 Å². The average Bonchev–Trinajstić information content (AvgIpc) is 2.05. The van der Waals surface area contributed by atoms with Crippen molar-refractivity contribution in [1.29, 1.82) is 0 Å². The van der Waals surface area contributed by atoms with Crippen LogP contribution in [-0.2, 0) is 4.79 Å². The first-order chi connectivity index (χ1) is 5.24. The molecule has 0 aromatic heterocycles. The van der Waals surface area contributed by atoms with E-state index >= 15 is 0 Å². The first-order valence-electron chi connectivity index (χ1n) is 4.12. The Kier molecular flexibility index (Phi) is 2.69. The highest BCUT2D eigenvalue weighted by atomic mass is 16.2. The van der Waals surface area contributed by atoms with Gasteiger partial charge >= 0.3 is 0 Å². The normalized spacial score (nSPS) is 24.8. The SMILES string of the molecule is C=CC1CCCN(C(C)=O)C1. The summed E-state index contributed by atoms with van der Waals surface area (Å²) in [7, 11) is 0. The zero-order chi connectivity index (χ0) is 8.27. The van der Waals surface area contributed by atoms with Gasteiger partial charge in [0.15, 0.2) is 0 Å². The van der Waals surface area contributed by atoms with Gasteiger partial charge in [-0.15, -0.1) is 6.58 Å². The van der Waals surface area contributed by atoms with Gasteiger partial charge in [-0.2, -0.15) is 0 Å². The molecule has 0 N–H and O–H groups in total. The van der Waals surface area contributed by atoms with Gasteiger partial charge in [-0.05, 0) is 18.8 Å². The lowest BCUT2D eigenvalue weighted by Crippen LogP contribution is -2.37. The molecule has 1 amide bonds. The molecule has 1 aliphatic rings. The van der Waals surface area contributed by atoms with Crippen LogP contribution in [0, 0.1) is 5.92 Å². The third-order valence-electron chi connectivity index (χ3n) is 2.24. The summed E-state index contributed by atoms with van der Waals surface area (Å²) in [6.07, 6.45) is 4.26. The van der Waals surface area contributed by atoms with E-state index in [-0.39, 0.29) is 5.91 Å². The maximum Gasteiger partial charge on any atom is 0.219 e. The van der Waals surface area contributed by atoms with Crippen molar-refractivity contribution in [2.24, 2.45) is 5.92 Å². The Morgan fingerprint density at radius 2 is 2.45 bits per heavy atom. The van der Waals surface area contributed by atoms with Gasteiger partial charge in [-0.1, -0.05) is 6.08 Å². The second kappa shape index (κ2) is 3.56. The van der Waals surface area contributed by atoms with Crippen LogP contribution in [0.15, 0.2) is 12.7 Å². The standard InChI is InChI=1S/C9H15NO/c1-3-9-5-4-6-10(7-9)8(2)11/h3,9H,1,4-7H2,2H3. The summed E-state index contributed by atoms with van der Waals surface area (Å²) >= 11 is 0. The monoisotopic (exact) mass is 153 g/mol. The van der Waals surface area contributed by atoms with E-state index in [4.69, 9.17) is 0 Å². The molecule has 11 heavy (non-hydrogen) atoms. The van der Waals surface area contributed by atoms with Crippen LogP contribution in [0.3, 0.4) is 0 Å². The summed E-state index contributed by atoms with van der Waals surface area (Å²) in [4.78, 5) is 12.9. The van der Waals surface area contributed by atoms with Crippen LogP contribution in [0.4, 0.5) is 0 Å². The fourth-order valence-corrected chi connectivity index (χ4v) is 1.49. The van der Waals surface area contributed by atoms with E-state index in [0.717, 1.165) is 19.5 Å². The molecule has 1 aliphatic heterocycles. The number of amides is 1. The molecule has 1 saturated heterocycles. The highest BCUT2D eigenvalue weighted by Gasteiger charge is 2.18. The molecular weight excluding hydrogens is 138 g/mol. The molecule has 0 aromatic carbocycles. The first-order valence-corrected chi connectivity index (χ1v) is 4.12. The molecular formula is C9H15NO. The quantitative estimate of drug-likeness (QED) is 0.522. The van der Waals surface area contributed by atoms with Crippen molar-refractivity contribution in [3.63, 3.8) is 0 Å². The Morgan fingerprint density at radius 1 is 1.73 bits per heavy atom. The van der Waals surface area contributed by atoms with Gasteiger partial charge < -0.3 is 4.90 Å². The molecule has 0 spiro atoms. The van der Waals surface area contributed by atoms with Gasteiger partial charge in [0, 0.05) is 20.0 Å². The molecule has 2 heteroatoms. The fraction of sp³-hybridized carbons (Fsp3) is 0.667. The molecule has 1 atom stereocenters. The van der Waals surface area contributed by atoms with E-state index in [2.05, 4.69) is 6.58 Å². The third-order valence-corrected chi connectivity index (χ3v) is 2.24. The Balaban J connectivity index is 2.45. The zero-order valence-electron chi connectivity index (χ0n) is 7.05. The summed E-state index contributed by atoms with van der Waals surface area (Å²) in [5.74, 6) is 0.712. The first kappa shape index (κ1) is 8.31. The number of piperidine rings is 1. The lowest BCUT2D eigenvalue weighted by molar-refractivity contribution is -0.130. The second-order valence-electron chi connectivity index (χ2n) is 3.10. The Labute approximate surface area is 67.9 Å². The van der Waals surface area contributed by atoms with Crippen molar-refractivity contribution in [2.75, 3.05) is 13.1 Å². The van der Waals surface area contributed by atoms with Crippen molar-refractivity contribution in [3.8, 4) is 0 Å². The molecule has 0 bridgehead atoms. The molecule has 0 aliphatic carbocycles. The third kappa shape index (κ3) is 2.07. The minimum Gasteiger partial charge on any atom is -0.342 e. The van der Waals surface area contributed by atoms with Gasteiger partial charge in [-0.25, -0.2) is 0 Å². The minimum atomic E-state index is 0.191. The number of likely N-dealkylation sites (tertiary alicyclic amines) is 1. The van der Waals surface area contributed by atoms with Gasteiger partial charge in [0.1, 0.15) is 0 Å². The zero-order valence-corrected chi connectivity index (χ0v) is 7.05. The van der Waals surface area contributed by atoms with E-state index in [9.17, 15) is 4.79 Å². The van der Waals surface area contributed by atoms with E-state index < -0.39 is 0 Å². The molecule has 1 fully saturated rings. The fourth-order valence-electron chi connectivity index (χ4n) is 1.49. The van der Waals surface area contributed by atoms with Crippen LogP contribution in [0.2, 0.25) is 0 Å². The Bertz CT molecular complexity index is 165. The Morgan fingerprint density at radius 3 is 3.00 bits per heavy atom. The summed E-state index contributed by atoms with van der Waals surface area (Å²) in [6, 6.07) is 0. The predicted octanol–water partition coefficient (Wildman–Crippen LogP) is 1.43. The van der Waals surface area contributed by atoms with Gasteiger partial charge in [0.05, 0.1) is 0 Å². The lowest BCUT2D eigenvalue weighted by atomic mass is 9.98. The highest BCUT2D eigenvalue weighted by molar-refractivity contribution is 5.73. The molecule has 1 rings (SSSR count). The molecule has 1 unspecified atom stereocenters. The van der Waals surface area contributed by atoms with E-state index in [0.29, 0.717) is 5.92 Å². The van der Waals surface area contributed by atoms with Gasteiger partial charge in [0.25, 0.3) is 0 Å². The van der Waals surface area contributed by atoms with E-state index in [1.165, 1.54) is 6.42 Å². The van der Waals surface area contributed by atoms with Crippen LogP contribution in [-0.4, -0.2) is 23.9 Å². The second-order valence-corrected chi connectivity index (χ2v) is 3.10. The van der Waals surface area contributed by atoms with E-state index in [1.54, 1.807) is 6.92 Å². The van der Waals surface area contributed by atoms with Crippen molar-refractivity contribution < 1.29 is 4.79 Å². The van der Waals surface area contributed by atoms with Crippen LogP contribution in [0.5, 0.6) is 0 Å². The van der Waals surface area contributed by atoms with Crippen molar-refractivity contribution in [3.05, 3.63) is 12.7 Å². The molecule has 2 nitrogen and oxygen atoms in total. The number of hydrogen-bond donors (Lipinski definition) is 0. The largest absolute Gasteiger partial charge is 0.342 e. The summed E-state index contributed by atoms with van der Waals surface area (Å²) < 4.78 is 0.